The van der Waals surface area contributed by atoms with Crippen molar-refractivity contribution in [2.24, 2.45) is 5.92 Å². The Morgan fingerprint density at radius 1 is 1.38 bits per heavy atom. The quantitative estimate of drug-likeness (QED) is 0.838. The molecule has 2 saturated heterocycles. The molecule has 2 amide bonds. The van der Waals surface area contributed by atoms with Gasteiger partial charge in [-0.2, -0.15) is 0 Å². The fourth-order valence-electron chi connectivity index (χ4n) is 3.44. The summed E-state index contributed by atoms with van der Waals surface area (Å²) in [6, 6.07) is 7.47. The zero-order valence-electron chi connectivity index (χ0n) is 12.1. The van der Waals surface area contributed by atoms with E-state index < -0.39 is 0 Å². The molecular formula is C16H19ClN2O2. The molecule has 5 heteroatoms. The lowest BCUT2D eigenvalue weighted by Crippen LogP contribution is -2.49. The van der Waals surface area contributed by atoms with Gasteiger partial charge in [0, 0.05) is 25.2 Å². The summed E-state index contributed by atoms with van der Waals surface area (Å²) < 4.78 is 0. The number of benzene rings is 1. The van der Waals surface area contributed by atoms with Crippen LogP contribution in [0.4, 0.5) is 0 Å². The summed E-state index contributed by atoms with van der Waals surface area (Å²) in [5, 5.41) is 0.624. The summed E-state index contributed by atoms with van der Waals surface area (Å²) in [7, 11) is 1.82. The standard InChI is InChI=1S/C16H19ClN2O2/c1-18-10-14-12(16(18)21)6-4-8-19(14)15(20)9-11-5-2-3-7-13(11)17/h2-3,5,7,12,14H,4,6,8-10H2,1H3/t12-,14-/m1/s1. The van der Waals surface area contributed by atoms with Crippen LogP contribution in [0.1, 0.15) is 18.4 Å². The van der Waals surface area contributed by atoms with Crippen LogP contribution in [0.3, 0.4) is 0 Å². The Hall–Kier alpha value is -1.55. The van der Waals surface area contributed by atoms with Crippen molar-refractivity contribution in [1.29, 1.82) is 0 Å². The maximum absolute atomic E-state index is 12.6. The lowest BCUT2D eigenvalue weighted by Gasteiger charge is -2.36. The molecule has 1 aromatic carbocycles. The number of carbonyl (C=O) groups excluding carboxylic acids is 2. The Morgan fingerprint density at radius 2 is 2.14 bits per heavy atom. The molecule has 0 N–H and O–H groups in total. The number of fused-ring (bicyclic) bond motifs is 1. The van der Waals surface area contributed by atoms with Gasteiger partial charge in [-0.1, -0.05) is 29.8 Å². The molecule has 0 radical (unpaired) electrons. The highest BCUT2D eigenvalue weighted by atomic mass is 35.5. The van der Waals surface area contributed by atoms with E-state index in [1.165, 1.54) is 0 Å². The van der Waals surface area contributed by atoms with Crippen molar-refractivity contribution in [3.63, 3.8) is 0 Å². The van der Waals surface area contributed by atoms with Gasteiger partial charge in [-0.05, 0) is 24.5 Å². The van der Waals surface area contributed by atoms with Crippen molar-refractivity contribution in [3.05, 3.63) is 34.9 Å². The second-order valence-electron chi connectivity index (χ2n) is 5.89. The van der Waals surface area contributed by atoms with Gasteiger partial charge >= 0.3 is 0 Å². The highest BCUT2D eigenvalue weighted by Gasteiger charge is 2.45. The van der Waals surface area contributed by atoms with Crippen molar-refractivity contribution in [3.8, 4) is 0 Å². The van der Waals surface area contributed by atoms with Crippen molar-refractivity contribution in [2.75, 3.05) is 20.1 Å². The van der Waals surface area contributed by atoms with Gasteiger partial charge in [0.05, 0.1) is 18.4 Å². The van der Waals surface area contributed by atoms with Gasteiger partial charge in [0.25, 0.3) is 0 Å². The van der Waals surface area contributed by atoms with Crippen LogP contribution in [-0.4, -0.2) is 47.8 Å². The van der Waals surface area contributed by atoms with Crippen LogP contribution in [0.2, 0.25) is 5.02 Å². The number of carbonyl (C=O) groups is 2. The average Bonchev–Trinajstić information content (AvgIpc) is 2.77. The Labute approximate surface area is 129 Å². The summed E-state index contributed by atoms with van der Waals surface area (Å²) in [6.07, 6.45) is 2.10. The fraction of sp³-hybridized carbons (Fsp3) is 0.500. The van der Waals surface area contributed by atoms with Crippen LogP contribution >= 0.6 is 11.6 Å². The first-order valence-corrected chi connectivity index (χ1v) is 7.73. The number of hydrogen-bond acceptors (Lipinski definition) is 2. The van der Waals surface area contributed by atoms with Gasteiger partial charge in [-0.15, -0.1) is 0 Å². The molecule has 112 valence electrons. The fourth-order valence-corrected chi connectivity index (χ4v) is 3.64. The molecule has 0 saturated carbocycles. The van der Waals surface area contributed by atoms with E-state index in [2.05, 4.69) is 0 Å². The molecule has 0 aliphatic carbocycles. The number of nitrogens with zero attached hydrogens (tertiary/aromatic N) is 2. The maximum atomic E-state index is 12.6. The van der Waals surface area contributed by atoms with Gasteiger partial charge < -0.3 is 9.80 Å². The highest BCUT2D eigenvalue weighted by Crippen LogP contribution is 2.31. The van der Waals surface area contributed by atoms with E-state index in [1.807, 2.05) is 30.1 Å². The second-order valence-corrected chi connectivity index (χ2v) is 6.30. The first-order chi connectivity index (χ1) is 10.1. The van der Waals surface area contributed by atoms with E-state index in [-0.39, 0.29) is 23.8 Å². The van der Waals surface area contributed by atoms with E-state index in [9.17, 15) is 9.59 Å². The molecule has 4 nitrogen and oxygen atoms in total. The predicted molar refractivity (Wildman–Crippen MR) is 81.0 cm³/mol. The largest absolute Gasteiger partial charge is 0.343 e. The number of rotatable bonds is 2. The first-order valence-electron chi connectivity index (χ1n) is 7.36. The minimum atomic E-state index is -0.0149. The molecule has 2 fully saturated rings. The third kappa shape index (κ3) is 2.64. The van der Waals surface area contributed by atoms with Crippen molar-refractivity contribution >= 4 is 23.4 Å². The molecule has 2 aliphatic rings. The lowest BCUT2D eigenvalue weighted by molar-refractivity contribution is -0.136. The van der Waals surface area contributed by atoms with E-state index in [0.717, 1.165) is 24.9 Å². The van der Waals surface area contributed by atoms with Crippen molar-refractivity contribution < 1.29 is 9.59 Å². The van der Waals surface area contributed by atoms with E-state index in [1.54, 1.807) is 11.0 Å². The molecule has 2 heterocycles. The number of piperidine rings is 1. The van der Waals surface area contributed by atoms with Crippen LogP contribution < -0.4 is 0 Å². The van der Waals surface area contributed by atoms with Crippen molar-refractivity contribution in [1.82, 2.24) is 9.80 Å². The third-order valence-corrected chi connectivity index (χ3v) is 4.92. The lowest BCUT2D eigenvalue weighted by atomic mass is 9.91. The molecule has 0 unspecified atom stereocenters. The van der Waals surface area contributed by atoms with Crippen LogP contribution in [-0.2, 0) is 16.0 Å². The monoisotopic (exact) mass is 306 g/mol. The zero-order valence-corrected chi connectivity index (χ0v) is 12.8. The van der Waals surface area contributed by atoms with E-state index >= 15 is 0 Å². The van der Waals surface area contributed by atoms with E-state index in [0.29, 0.717) is 18.0 Å². The Morgan fingerprint density at radius 3 is 2.90 bits per heavy atom. The first kappa shape index (κ1) is 14.4. The Balaban J connectivity index is 1.75. The second kappa shape index (κ2) is 5.68. The molecule has 1 aromatic rings. The van der Waals surface area contributed by atoms with Crippen LogP contribution in [0, 0.1) is 5.92 Å². The number of likely N-dealkylation sites (N-methyl/N-ethyl adjacent to an activating group) is 1. The average molecular weight is 307 g/mol. The minimum absolute atomic E-state index is 0.0149. The molecule has 2 aliphatic heterocycles. The topological polar surface area (TPSA) is 40.6 Å². The predicted octanol–water partition coefficient (Wildman–Crippen LogP) is 1.96. The summed E-state index contributed by atoms with van der Waals surface area (Å²) in [5.74, 6) is 0.232. The molecule has 0 spiro atoms. The summed E-state index contributed by atoms with van der Waals surface area (Å²) >= 11 is 6.13. The van der Waals surface area contributed by atoms with Crippen LogP contribution in [0.25, 0.3) is 0 Å². The Bertz CT molecular complexity index is 575. The summed E-state index contributed by atoms with van der Waals surface area (Å²) in [5.41, 5.74) is 0.851. The third-order valence-electron chi connectivity index (χ3n) is 4.55. The highest BCUT2D eigenvalue weighted by molar-refractivity contribution is 6.31. The van der Waals surface area contributed by atoms with Crippen LogP contribution in [0.15, 0.2) is 24.3 Å². The van der Waals surface area contributed by atoms with Crippen LogP contribution in [0.5, 0.6) is 0 Å². The Kier molecular flexibility index (Phi) is 3.89. The maximum Gasteiger partial charge on any atom is 0.227 e. The summed E-state index contributed by atoms with van der Waals surface area (Å²) in [6.45, 7) is 1.39. The minimum Gasteiger partial charge on any atom is -0.343 e. The van der Waals surface area contributed by atoms with Gasteiger partial charge in [0.2, 0.25) is 11.8 Å². The van der Waals surface area contributed by atoms with Gasteiger partial charge in [-0.3, -0.25) is 9.59 Å². The normalized spacial score (nSPS) is 25.1. The summed E-state index contributed by atoms with van der Waals surface area (Å²) in [4.78, 5) is 28.3. The molecule has 0 aromatic heterocycles. The zero-order chi connectivity index (χ0) is 15.0. The molecule has 21 heavy (non-hydrogen) atoms. The number of hydrogen-bond donors (Lipinski definition) is 0. The molecular weight excluding hydrogens is 288 g/mol. The number of amides is 2. The van der Waals surface area contributed by atoms with Crippen molar-refractivity contribution in [2.45, 2.75) is 25.3 Å². The number of likely N-dealkylation sites (tertiary alicyclic amines) is 2. The number of halogens is 1. The van der Waals surface area contributed by atoms with Gasteiger partial charge in [0.1, 0.15) is 0 Å². The smallest absolute Gasteiger partial charge is 0.227 e. The van der Waals surface area contributed by atoms with E-state index in [4.69, 9.17) is 11.6 Å². The molecule has 3 rings (SSSR count). The van der Waals surface area contributed by atoms with Gasteiger partial charge in [0.15, 0.2) is 0 Å². The van der Waals surface area contributed by atoms with Gasteiger partial charge in [-0.25, -0.2) is 0 Å². The SMILES string of the molecule is CN1C[C@@H]2[C@@H](CCCN2C(=O)Cc2ccccc2Cl)C1=O. The molecule has 0 bridgehead atoms. The molecule has 2 atom stereocenters.